The summed E-state index contributed by atoms with van der Waals surface area (Å²) >= 11 is 0. The maximum Gasteiger partial charge on any atom is 0.338 e. The number of carbonyl (C=O) groups excluding carboxylic acids is 2. The van der Waals surface area contributed by atoms with Crippen molar-refractivity contribution >= 4 is 36.5 Å². The molecule has 0 aromatic heterocycles. The molecule has 9 nitrogen and oxygen atoms in total. The van der Waals surface area contributed by atoms with Crippen LogP contribution >= 0.6 is 0 Å². The Morgan fingerprint density at radius 3 is 2.03 bits per heavy atom. The Kier molecular flexibility index (Phi) is 16.3. The van der Waals surface area contributed by atoms with Crippen molar-refractivity contribution in [3.8, 4) is 11.5 Å². The van der Waals surface area contributed by atoms with Crippen LogP contribution in [0.15, 0.2) is 134 Å². The van der Waals surface area contributed by atoms with E-state index in [1.807, 2.05) is 50.3 Å². The van der Waals surface area contributed by atoms with E-state index in [4.69, 9.17) is 32.8 Å². The Bertz CT molecular complexity index is 2070. The SMILES string of the molecule is C=CCOc1cc(/C=C/C[C@@H]2OC(C)(C)O[C@@H]2C(/C=C\[C@@H](C)C(C)O[Si](c2ccccc2)(c2ccccc2)C(C)(C)C)OC(=O)c2ccccc2)c(C(C)=O)c(OCOC)c1. The number of Topliss-reactive ketones (excluding diaryl/α,β-unsaturated/α-hetero) is 1. The highest BCUT2D eigenvalue weighted by Crippen LogP contribution is 2.39. The second kappa shape index (κ2) is 21.1. The van der Waals surface area contributed by atoms with Gasteiger partial charge in [0.05, 0.1) is 17.2 Å². The number of benzene rings is 4. The summed E-state index contributed by atoms with van der Waals surface area (Å²) in [5, 5.41) is 2.20. The Labute approximate surface area is 363 Å². The van der Waals surface area contributed by atoms with E-state index in [-0.39, 0.29) is 36.2 Å². The highest BCUT2D eigenvalue weighted by Gasteiger charge is 2.51. The summed E-state index contributed by atoms with van der Waals surface area (Å²) in [6.45, 7) is 20.2. The molecule has 0 amide bonds. The standard InChI is InChI=1S/C51H62O9Si/c1-11-32-55-41-33-40(47(37(3)52)46(34-41)56-35-54-10)24-21-29-45-48(59-51(8,9)58-45)44(57-49(53)39-22-15-12-16-23-39)31-30-36(2)38(4)60-61(50(5,6)7,42-25-17-13-18-26-42)43-27-19-14-20-28-43/h11-28,30-31,33-34,36,38,44-45,48H,1,29,32,35H2,2-10H3/b24-21+,31-30-/t36-,38?,44?,45+,48-/m1/s1. The molecule has 0 spiro atoms. The molecular weight excluding hydrogens is 785 g/mol. The zero-order valence-electron chi connectivity index (χ0n) is 37.1. The van der Waals surface area contributed by atoms with Crippen molar-refractivity contribution in [1.29, 1.82) is 0 Å². The van der Waals surface area contributed by atoms with Crippen molar-refractivity contribution in [3.63, 3.8) is 0 Å². The highest BCUT2D eigenvalue weighted by atomic mass is 28.4. The lowest BCUT2D eigenvalue weighted by atomic mass is 9.99. The van der Waals surface area contributed by atoms with Crippen molar-refractivity contribution in [2.45, 2.75) is 97.1 Å². The summed E-state index contributed by atoms with van der Waals surface area (Å²) in [5.41, 5.74) is 1.42. The van der Waals surface area contributed by atoms with E-state index in [1.54, 1.807) is 42.5 Å². The van der Waals surface area contributed by atoms with E-state index in [1.165, 1.54) is 24.4 Å². The van der Waals surface area contributed by atoms with Crippen molar-refractivity contribution in [1.82, 2.24) is 0 Å². The van der Waals surface area contributed by atoms with E-state index in [0.717, 1.165) is 0 Å². The fourth-order valence-corrected chi connectivity index (χ4v) is 12.5. The zero-order valence-corrected chi connectivity index (χ0v) is 38.1. The molecular formula is C51H62O9Si. The van der Waals surface area contributed by atoms with Crippen molar-refractivity contribution in [2.75, 3.05) is 20.5 Å². The van der Waals surface area contributed by atoms with E-state index in [9.17, 15) is 9.59 Å². The van der Waals surface area contributed by atoms with Crippen LogP contribution < -0.4 is 19.8 Å². The fourth-order valence-electron chi connectivity index (χ4n) is 7.75. The van der Waals surface area contributed by atoms with E-state index < -0.39 is 38.4 Å². The number of methoxy groups -OCH3 is 1. The predicted octanol–water partition coefficient (Wildman–Crippen LogP) is 9.74. The molecule has 5 atom stereocenters. The van der Waals surface area contributed by atoms with Gasteiger partial charge in [-0.05, 0) is 85.3 Å². The topological polar surface area (TPSA) is 98.8 Å². The van der Waals surface area contributed by atoms with Crippen LogP contribution in [0.1, 0.15) is 88.1 Å². The van der Waals surface area contributed by atoms with Gasteiger partial charge in [0.15, 0.2) is 18.4 Å². The van der Waals surface area contributed by atoms with Crippen LogP contribution in [0.25, 0.3) is 6.08 Å². The third kappa shape index (κ3) is 11.8. The van der Waals surface area contributed by atoms with Gasteiger partial charge in [0, 0.05) is 19.3 Å². The molecule has 4 aromatic carbocycles. The van der Waals surface area contributed by atoms with Crippen LogP contribution in [0.3, 0.4) is 0 Å². The Morgan fingerprint density at radius 2 is 1.48 bits per heavy atom. The van der Waals surface area contributed by atoms with Gasteiger partial charge in [0.25, 0.3) is 8.32 Å². The van der Waals surface area contributed by atoms with Crippen molar-refractivity contribution < 1.29 is 42.4 Å². The quantitative estimate of drug-likeness (QED) is 0.0283. The molecule has 1 aliphatic rings. The number of hydrogen-bond donors (Lipinski definition) is 0. The molecule has 0 aliphatic carbocycles. The van der Waals surface area contributed by atoms with Crippen molar-refractivity contribution in [3.05, 3.63) is 151 Å². The molecule has 1 heterocycles. The van der Waals surface area contributed by atoms with Gasteiger partial charge < -0.3 is 32.8 Å². The first-order valence-electron chi connectivity index (χ1n) is 20.9. The van der Waals surface area contributed by atoms with Crippen LogP contribution in [0.2, 0.25) is 5.04 Å². The van der Waals surface area contributed by atoms with Gasteiger partial charge in [-0.3, -0.25) is 4.79 Å². The minimum Gasteiger partial charge on any atom is -0.489 e. The first-order valence-corrected chi connectivity index (χ1v) is 22.8. The van der Waals surface area contributed by atoms with E-state index in [0.29, 0.717) is 34.6 Å². The van der Waals surface area contributed by atoms with Crippen LogP contribution in [0, 0.1) is 5.92 Å². The number of carbonyl (C=O) groups is 2. The second-order valence-corrected chi connectivity index (χ2v) is 21.1. The lowest BCUT2D eigenvalue weighted by molar-refractivity contribution is -0.152. The van der Waals surface area contributed by atoms with Gasteiger partial charge in [-0.25, -0.2) is 4.79 Å². The normalized spacial score (nSPS) is 18.1. The van der Waals surface area contributed by atoms with E-state index in [2.05, 4.69) is 95.8 Å². The summed E-state index contributed by atoms with van der Waals surface area (Å²) < 4.78 is 43.6. The maximum atomic E-state index is 13.7. The van der Waals surface area contributed by atoms with Crippen molar-refractivity contribution in [2.24, 2.45) is 5.92 Å². The van der Waals surface area contributed by atoms with Gasteiger partial charge in [-0.1, -0.05) is 137 Å². The number of hydrogen-bond acceptors (Lipinski definition) is 9. The third-order valence-corrected chi connectivity index (χ3v) is 15.9. The molecule has 0 saturated carbocycles. The first-order chi connectivity index (χ1) is 29.1. The van der Waals surface area contributed by atoms with Gasteiger partial charge >= 0.3 is 5.97 Å². The lowest BCUT2D eigenvalue weighted by Crippen LogP contribution is -2.67. The summed E-state index contributed by atoms with van der Waals surface area (Å²) in [7, 11) is -1.34. The third-order valence-electron chi connectivity index (χ3n) is 10.7. The molecule has 2 unspecified atom stereocenters. The van der Waals surface area contributed by atoms with Crippen LogP contribution in [-0.2, 0) is 23.4 Å². The summed E-state index contributed by atoms with van der Waals surface area (Å²) in [6.07, 6.45) is 7.49. The lowest BCUT2D eigenvalue weighted by Gasteiger charge is -2.45. The number of esters is 1. The zero-order chi connectivity index (χ0) is 44.2. The Morgan fingerprint density at radius 1 is 0.869 bits per heavy atom. The van der Waals surface area contributed by atoms with E-state index >= 15 is 0 Å². The van der Waals surface area contributed by atoms with Gasteiger partial charge in [0.1, 0.15) is 30.3 Å². The summed E-state index contributed by atoms with van der Waals surface area (Å²) in [5.74, 6) is -0.882. The molecule has 1 saturated heterocycles. The smallest absolute Gasteiger partial charge is 0.338 e. The molecule has 1 aliphatic heterocycles. The predicted molar refractivity (Wildman–Crippen MR) is 244 cm³/mol. The molecule has 4 aromatic rings. The average molecular weight is 847 g/mol. The minimum absolute atomic E-state index is 0.0437. The largest absolute Gasteiger partial charge is 0.489 e. The monoisotopic (exact) mass is 846 g/mol. The highest BCUT2D eigenvalue weighted by molar-refractivity contribution is 6.99. The molecule has 324 valence electrons. The maximum absolute atomic E-state index is 13.7. The Balaban J connectivity index is 1.48. The van der Waals surface area contributed by atoms with Crippen LogP contribution in [-0.4, -0.2) is 70.8 Å². The molecule has 10 heteroatoms. The van der Waals surface area contributed by atoms with Crippen LogP contribution in [0.5, 0.6) is 11.5 Å². The molecule has 1 fully saturated rings. The number of ketones is 1. The molecule has 5 rings (SSSR count). The minimum atomic E-state index is -2.85. The fraction of sp³-hybridized carbons (Fsp3) is 0.373. The number of rotatable bonds is 20. The first kappa shape index (κ1) is 47.0. The van der Waals surface area contributed by atoms with Gasteiger partial charge in [-0.15, -0.1) is 0 Å². The molecule has 0 N–H and O–H groups in total. The van der Waals surface area contributed by atoms with Crippen LogP contribution in [0.4, 0.5) is 0 Å². The average Bonchev–Trinajstić information content (AvgIpc) is 3.55. The molecule has 61 heavy (non-hydrogen) atoms. The summed E-state index contributed by atoms with van der Waals surface area (Å²) in [4.78, 5) is 26.7. The second-order valence-electron chi connectivity index (χ2n) is 16.8. The van der Waals surface area contributed by atoms with Gasteiger partial charge in [-0.2, -0.15) is 0 Å². The Hall–Kier alpha value is -5.10. The molecule has 0 radical (unpaired) electrons. The number of ether oxygens (including phenoxy) is 6. The molecule has 0 bridgehead atoms. The summed E-state index contributed by atoms with van der Waals surface area (Å²) in [6, 6.07) is 33.5. The van der Waals surface area contributed by atoms with Gasteiger partial charge in [0.2, 0.25) is 0 Å².